The summed E-state index contributed by atoms with van der Waals surface area (Å²) in [7, 11) is 0. The Labute approximate surface area is 161 Å². The lowest BCUT2D eigenvalue weighted by molar-refractivity contribution is -0.137. The van der Waals surface area contributed by atoms with Gasteiger partial charge in [-0.05, 0) is 43.3 Å². The van der Waals surface area contributed by atoms with Gasteiger partial charge in [0.15, 0.2) is 18.1 Å². The number of benzene rings is 2. The molecule has 2 aromatic rings. The number of amides is 1. The summed E-state index contributed by atoms with van der Waals surface area (Å²) in [6.07, 6.45) is -3.99. The lowest BCUT2D eigenvalue weighted by Crippen LogP contribution is -2.22. The third kappa shape index (κ3) is 5.72. The molecule has 9 heteroatoms. The van der Waals surface area contributed by atoms with E-state index in [4.69, 9.17) is 9.47 Å². The molecule has 27 heavy (non-hydrogen) atoms. The Morgan fingerprint density at radius 3 is 2.52 bits per heavy atom. The van der Waals surface area contributed by atoms with Crippen LogP contribution in [0.15, 0.2) is 40.9 Å². The molecule has 0 heterocycles. The first-order valence-corrected chi connectivity index (χ1v) is 8.55. The van der Waals surface area contributed by atoms with E-state index in [-0.39, 0.29) is 21.7 Å². The fraction of sp³-hybridized carbons (Fsp3) is 0.222. The minimum absolute atomic E-state index is 0.199. The van der Waals surface area contributed by atoms with Crippen LogP contribution >= 0.6 is 15.9 Å². The zero-order valence-electron chi connectivity index (χ0n) is 14.1. The number of halogens is 4. The average Bonchev–Trinajstić information content (AvgIpc) is 2.61. The molecular weight excluding hydrogens is 431 g/mol. The minimum atomic E-state index is -4.62. The van der Waals surface area contributed by atoms with Gasteiger partial charge in [0.05, 0.1) is 17.9 Å². The van der Waals surface area contributed by atoms with Crippen LogP contribution in [-0.2, 0) is 11.0 Å². The SMILES string of the molecule is CCOc1cc(C=O)ccc1OCC(=O)Nc1ccc(Br)cc1C(F)(F)F. The monoisotopic (exact) mass is 445 g/mol. The quantitative estimate of drug-likeness (QED) is 0.627. The molecule has 0 fully saturated rings. The molecule has 144 valence electrons. The summed E-state index contributed by atoms with van der Waals surface area (Å²) in [5.74, 6) is -0.316. The van der Waals surface area contributed by atoms with Crippen LogP contribution in [0.4, 0.5) is 18.9 Å². The van der Waals surface area contributed by atoms with E-state index in [9.17, 15) is 22.8 Å². The van der Waals surface area contributed by atoms with Crippen molar-refractivity contribution in [2.24, 2.45) is 0 Å². The van der Waals surface area contributed by atoms with Gasteiger partial charge in [-0.3, -0.25) is 9.59 Å². The third-order valence-electron chi connectivity index (χ3n) is 3.32. The summed E-state index contributed by atoms with van der Waals surface area (Å²) in [4.78, 5) is 22.9. The fourth-order valence-electron chi connectivity index (χ4n) is 2.18. The molecule has 2 aromatic carbocycles. The lowest BCUT2D eigenvalue weighted by atomic mass is 10.1. The zero-order chi connectivity index (χ0) is 20.0. The molecule has 0 saturated heterocycles. The van der Waals surface area contributed by atoms with Crippen molar-refractivity contribution in [2.45, 2.75) is 13.1 Å². The van der Waals surface area contributed by atoms with Crippen LogP contribution in [0.2, 0.25) is 0 Å². The number of aldehydes is 1. The number of carbonyl (C=O) groups excluding carboxylic acids is 2. The van der Waals surface area contributed by atoms with Crippen molar-refractivity contribution in [1.82, 2.24) is 0 Å². The number of hydrogen-bond acceptors (Lipinski definition) is 4. The van der Waals surface area contributed by atoms with Crippen LogP contribution in [0.25, 0.3) is 0 Å². The molecule has 0 saturated carbocycles. The number of ether oxygens (including phenoxy) is 2. The fourth-order valence-corrected chi connectivity index (χ4v) is 2.54. The van der Waals surface area contributed by atoms with Crippen LogP contribution in [0.3, 0.4) is 0 Å². The Kier molecular flexibility index (Phi) is 6.84. The summed E-state index contributed by atoms with van der Waals surface area (Å²) >= 11 is 2.97. The molecule has 0 unspecified atom stereocenters. The highest BCUT2D eigenvalue weighted by Crippen LogP contribution is 2.36. The first-order chi connectivity index (χ1) is 12.7. The first kappa shape index (κ1) is 20.8. The largest absolute Gasteiger partial charge is 0.490 e. The number of nitrogens with one attached hydrogen (secondary N) is 1. The summed E-state index contributed by atoms with van der Waals surface area (Å²) < 4.78 is 50.2. The Morgan fingerprint density at radius 1 is 1.15 bits per heavy atom. The molecule has 1 amide bonds. The molecule has 5 nitrogen and oxygen atoms in total. The van der Waals surface area contributed by atoms with E-state index in [2.05, 4.69) is 21.2 Å². The van der Waals surface area contributed by atoms with E-state index in [1.165, 1.54) is 24.3 Å². The summed E-state index contributed by atoms with van der Waals surface area (Å²) in [6.45, 7) is 1.50. The predicted octanol–water partition coefficient (Wildman–Crippen LogP) is 4.70. The summed E-state index contributed by atoms with van der Waals surface area (Å²) in [6, 6.07) is 7.77. The highest BCUT2D eigenvalue weighted by Gasteiger charge is 2.34. The lowest BCUT2D eigenvalue weighted by Gasteiger charge is -2.15. The van der Waals surface area contributed by atoms with Crippen LogP contribution in [0.5, 0.6) is 11.5 Å². The van der Waals surface area contributed by atoms with E-state index in [0.717, 1.165) is 12.1 Å². The van der Waals surface area contributed by atoms with Gasteiger partial charge in [0.1, 0.15) is 6.29 Å². The van der Waals surface area contributed by atoms with Gasteiger partial charge in [-0.1, -0.05) is 15.9 Å². The average molecular weight is 446 g/mol. The molecule has 0 atom stereocenters. The molecule has 0 aliphatic rings. The van der Waals surface area contributed by atoms with Gasteiger partial charge >= 0.3 is 6.18 Å². The van der Waals surface area contributed by atoms with Gasteiger partial charge in [-0.25, -0.2) is 0 Å². The molecule has 2 rings (SSSR count). The number of anilines is 1. The molecule has 0 spiro atoms. The van der Waals surface area contributed by atoms with Gasteiger partial charge in [0, 0.05) is 10.0 Å². The second-order valence-corrected chi connectivity index (χ2v) is 6.20. The van der Waals surface area contributed by atoms with E-state index < -0.39 is 24.3 Å². The maximum Gasteiger partial charge on any atom is 0.418 e. The molecule has 0 aliphatic carbocycles. The smallest absolute Gasteiger partial charge is 0.418 e. The van der Waals surface area contributed by atoms with E-state index in [1.54, 1.807) is 6.92 Å². The molecular formula is C18H15BrF3NO4. The Balaban J connectivity index is 2.11. The van der Waals surface area contributed by atoms with E-state index in [1.807, 2.05) is 0 Å². The van der Waals surface area contributed by atoms with Crippen molar-refractivity contribution in [3.63, 3.8) is 0 Å². The van der Waals surface area contributed by atoms with Crippen LogP contribution in [0, 0.1) is 0 Å². The second kappa shape index (κ2) is 8.90. The number of rotatable bonds is 7. The second-order valence-electron chi connectivity index (χ2n) is 5.28. The number of hydrogen-bond donors (Lipinski definition) is 1. The van der Waals surface area contributed by atoms with Crippen molar-refractivity contribution in [2.75, 3.05) is 18.5 Å². The third-order valence-corrected chi connectivity index (χ3v) is 3.82. The van der Waals surface area contributed by atoms with Gasteiger partial charge in [-0.15, -0.1) is 0 Å². The first-order valence-electron chi connectivity index (χ1n) is 7.76. The maximum absolute atomic E-state index is 13.1. The summed E-state index contributed by atoms with van der Waals surface area (Å²) in [5.41, 5.74) is -0.990. The standard InChI is InChI=1S/C18H15BrF3NO4/c1-2-26-16-7-11(9-24)3-6-15(16)27-10-17(25)23-14-5-4-12(19)8-13(14)18(20,21)22/h3-9H,2,10H2,1H3,(H,23,25). The van der Waals surface area contributed by atoms with Crippen LogP contribution in [-0.4, -0.2) is 25.4 Å². The molecule has 0 radical (unpaired) electrons. The van der Waals surface area contributed by atoms with Crippen molar-refractivity contribution < 1.29 is 32.2 Å². The van der Waals surface area contributed by atoms with Crippen molar-refractivity contribution >= 4 is 33.8 Å². The van der Waals surface area contributed by atoms with Gasteiger partial charge in [-0.2, -0.15) is 13.2 Å². The van der Waals surface area contributed by atoms with Crippen molar-refractivity contribution in [3.05, 3.63) is 52.0 Å². The Morgan fingerprint density at radius 2 is 1.89 bits per heavy atom. The Hall–Kier alpha value is -2.55. The topological polar surface area (TPSA) is 64.6 Å². The molecule has 0 bridgehead atoms. The van der Waals surface area contributed by atoms with E-state index >= 15 is 0 Å². The highest BCUT2D eigenvalue weighted by molar-refractivity contribution is 9.10. The molecule has 0 aliphatic heterocycles. The predicted molar refractivity (Wildman–Crippen MR) is 96.3 cm³/mol. The normalized spacial score (nSPS) is 11.0. The molecule has 1 N–H and O–H groups in total. The van der Waals surface area contributed by atoms with Gasteiger partial charge in [0.2, 0.25) is 0 Å². The van der Waals surface area contributed by atoms with Crippen LogP contribution in [0.1, 0.15) is 22.8 Å². The Bertz CT molecular complexity index is 840. The highest BCUT2D eigenvalue weighted by atomic mass is 79.9. The maximum atomic E-state index is 13.1. The van der Waals surface area contributed by atoms with Crippen LogP contribution < -0.4 is 14.8 Å². The van der Waals surface area contributed by atoms with Crippen molar-refractivity contribution in [1.29, 1.82) is 0 Å². The minimum Gasteiger partial charge on any atom is -0.490 e. The van der Waals surface area contributed by atoms with E-state index in [0.29, 0.717) is 18.5 Å². The van der Waals surface area contributed by atoms with Gasteiger partial charge in [0.25, 0.3) is 5.91 Å². The zero-order valence-corrected chi connectivity index (χ0v) is 15.7. The van der Waals surface area contributed by atoms with Crippen molar-refractivity contribution in [3.8, 4) is 11.5 Å². The molecule has 0 aromatic heterocycles. The summed E-state index contributed by atoms with van der Waals surface area (Å²) in [5, 5.41) is 2.19. The number of carbonyl (C=O) groups is 2. The number of alkyl halides is 3. The van der Waals surface area contributed by atoms with Gasteiger partial charge < -0.3 is 14.8 Å².